The molecule has 0 saturated heterocycles. The van der Waals surface area contributed by atoms with Gasteiger partial charge < -0.3 is 9.73 Å². The van der Waals surface area contributed by atoms with E-state index in [0.29, 0.717) is 6.04 Å². The van der Waals surface area contributed by atoms with Crippen molar-refractivity contribution < 1.29 is 21.9 Å². The molecule has 1 unspecified atom stereocenters. The van der Waals surface area contributed by atoms with Crippen LogP contribution in [-0.4, -0.2) is 30.1 Å². The minimum absolute atomic E-state index is 0.576. The highest BCUT2D eigenvalue weighted by molar-refractivity contribution is 7.79. The first kappa shape index (κ1) is 17.2. The molecule has 1 aliphatic carbocycles. The average molecular weight is 348 g/mol. The van der Waals surface area contributed by atoms with E-state index < -0.39 is 10.4 Å². The first-order chi connectivity index (χ1) is 10.3. The number of benzene rings is 1. The number of nitrogens with one attached hydrogen (secondary N) is 1. The maximum Gasteiger partial charge on any atom is 0.394 e. The van der Waals surface area contributed by atoms with E-state index in [1.165, 1.54) is 10.9 Å². The lowest BCUT2D eigenvalue weighted by atomic mass is 9.92. The van der Waals surface area contributed by atoms with Gasteiger partial charge in [-0.25, -0.2) is 0 Å². The summed E-state index contributed by atoms with van der Waals surface area (Å²) in [6.45, 7) is 3.18. The zero-order valence-electron chi connectivity index (χ0n) is 12.0. The van der Waals surface area contributed by atoms with Gasteiger partial charge in [-0.15, -0.1) is 0 Å². The fourth-order valence-corrected chi connectivity index (χ4v) is 2.89. The summed E-state index contributed by atoms with van der Waals surface area (Å²) in [5.41, 5.74) is 2.32. The maximum atomic E-state index is 8.74. The van der Waals surface area contributed by atoms with Crippen molar-refractivity contribution in [3.63, 3.8) is 0 Å². The highest BCUT2D eigenvalue weighted by Gasteiger charge is 2.23. The third kappa shape index (κ3) is 4.69. The molecule has 6 nitrogen and oxygen atoms in total. The number of rotatable bonds is 2. The fourth-order valence-electron chi connectivity index (χ4n) is 2.71. The van der Waals surface area contributed by atoms with Crippen LogP contribution in [0, 0.1) is 0 Å². The Morgan fingerprint density at radius 2 is 2.09 bits per heavy atom. The number of likely N-dealkylation sites (N-methyl/N-ethyl adjacent to an activating group) is 1. The van der Waals surface area contributed by atoms with Crippen molar-refractivity contribution in [1.82, 2.24) is 5.32 Å². The van der Waals surface area contributed by atoms with Crippen molar-refractivity contribution in [2.24, 2.45) is 0 Å². The Morgan fingerprint density at radius 1 is 1.41 bits per heavy atom. The largest absolute Gasteiger partial charge is 0.461 e. The zero-order chi connectivity index (χ0) is 16.3. The monoisotopic (exact) mass is 347 g/mol. The van der Waals surface area contributed by atoms with E-state index in [0.717, 1.165) is 42.2 Å². The van der Waals surface area contributed by atoms with E-state index >= 15 is 0 Å². The summed E-state index contributed by atoms with van der Waals surface area (Å²) in [4.78, 5) is 0. The van der Waals surface area contributed by atoms with Crippen molar-refractivity contribution in [2.45, 2.75) is 32.2 Å². The smallest absolute Gasteiger partial charge is 0.394 e. The molecule has 1 atom stereocenters. The third-order valence-electron chi connectivity index (χ3n) is 3.50. The lowest BCUT2D eigenvalue weighted by Crippen LogP contribution is -2.33. The molecule has 22 heavy (non-hydrogen) atoms. The van der Waals surface area contributed by atoms with Crippen LogP contribution >= 0.6 is 11.6 Å². The van der Waals surface area contributed by atoms with Gasteiger partial charge in [0.2, 0.25) is 0 Å². The lowest BCUT2D eigenvalue weighted by Gasteiger charge is -2.22. The van der Waals surface area contributed by atoms with Crippen LogP contribution in [0.3, 0.4) is 0 Å². The van der Waals surface area contributed by atoms with E-state index in [1.807, 2.05) is 18.2 Å². The normalized spacial score (nSPS) is 17.7. The number of hydrogen-bond acceptors (Lipinski definition) is 4. The molecule has 0 saturated carbocycles. The van der Waals surface area contributed by atoms with Crippen LogP contribution in [0.1, 0.15) is 24.7 Å². The molecule has 8 heteroatoms. The molecule has 0 spiro atoms. The first-order valence-corrected chi connectivity index (χ1v) is 8.68. The number of furan rings is 1. The minimum atomic E-state index is -4.67. The number of aryl methyl sites for hydroxylation is 1. The summed E-state index contributed by atoms with van der Waals surface area (Å²) in [7, 11) is -4.67. The number of fused-ring (bicyclic) bond motifs is 3. The average Bonchev–Trinajstić information content (AvgIpc) is 2.75. The Hall–Kier alpha value is -1.12. The Balaban J connectivity index is 0.000000309. The lowest BCUT2D eigenvalue weighted by molar-refractivity contribution is 0.381. The first-order valence-electron chi connectivity index (χ1n) is 6.91. The molecular formula is C14H18ClNO5S. The molecule has 0 radical (unpaired) electrons. The van der Waals surface area contributed by atoms with Crippen LogP contribution in [0.15, 0.2) is 22.6 Å². The molecule has 122 valence electrons. The van der Waals surface area contributed by atoms with Gasteiger partial charge in [-0.3, -0.25) is 9.11 Å². The molecule has 3 rings (SSSR count). The van der Waals surface area contributed by atoms with Crippen LogP contribution in [0.2, 0.25) is 5.02 Å². The van der Waals surface area contributed by atoms with Gasteiger partial charge in [-0.05, 0) is 37.6 Å². The third-order valence-corrected chi connectivity index (χ3v) is 3.73. The van der Waals surface area contributed by atoms with Gasteiger partial charge in [0, 0.05) is 28.4 Å². The SMILES string of the molecule is CCNC1CCc2oc3ccc(Cl)cc3c2C1.O=S(=O)(O)O. The Kier molecular flexibility index (Phi) is 5.46. The second kappa shape index (κ2) is 6.97. The van der Waals surface area contributed by atoms with Gasteiger partial charge in [0.15, 0.2) is 0 Å². The summed E-state index contributed by atoms with van der Waals surface area (Å²) < 4.78 is 37.5. The Morgan fingerprint density at radius 3 is 2.73 bits per heavy atom. The zero-order valence-corrected chi connectivity index (χ0v) is 13.6. The summed E-state index contributed by atoms with van der Waals surface area (Å²) in [6.07, 6.45) is 3.24. The fraction of sp³-hybridized carbons (Fsp3) is 0.429. The number of halogens is 1. The van der Waals surface area contributed by atoms with Gasteiger partial charge in [0.25, 0.3) is 0 Å². The van der Waals surface area contributed by atoms with Crippen LogP contribution in [0.25, 0.3) is 11.0 Å². The van der Waals surface area contributed by atoms with Crippen molar-refractivity contribution in [2.75, 3.05) is 6.54 Å². The van der Waals surface area contributed by atoms with Crippen LogP contribution in [0.4, 0.5) is 0 Å². The Bertz CT molecular complexity index is 748. The van der Waals surface area contributed by atoms with Crippen molar-refractivity contribution >= 4 is 33.0 Å². The molecule has 1 heterocycles. The van der Waals surface area contributed by atoms with Crippen LogP contribution < -0.4 is 5.32 Å². The topological polar surface area (TPSA) is 99.8 Å². The van der Waals surface area contributed by atoms with E-state index in [2.05, 4.69) is 12.2 Å². The van der Waals surface area contributed by atoms with Gasteiger partial charge >= 0.3 is 10.4 Å². The van der Waals surface area contributed by atoms with Crippen molar-refractivity contribution in [1.29, 1.82) is 0 Å². The molecule has 2 aromatic rings. The molecule has 1 aromatic heterocycles. The summed E-state index contributed by atoms with van der Waals surface area (Å²) >= 11 is 6.06. The van der Waals surface area contributed by atoms with Crippen molar-refractivity contribution in [3.8, 4) is 0 Å². The molecule has 0 fully saturated rings. The van der Waals surface area contributed by atoms with Crippen molar-refractivity contribution in [3.05, 3.63) is 34.5 Å². The van der Waals surface area contributed by atoms with Gasteiger partial charge in [-0.2, -0.15) is 8.42 Å². The maximum absolute atomic E-state index is 8.74. The molecule has 1 aliphatic rings. The van der Waals surface area contributed by atoms with Gasteiger partial charge in [0.05, 0.1) is 0 Å². The highest BCUT2D eigenvalue weighted by atomic mass is 35.5. The van der Waals surface area contributed by atoms with Crippen LogP contribution in [0.5, 0.6) is 0 Å². The number of hydrogen-bond donors (Lipinski definition) is 3. The second-order valence-electron chi connectivity index (χ2n) is 5.09. The molecule has 0 amide bonds. The van der Waals surface area contributed by atoms with E-state index in [-0.39, 0.29) is 0 Å². The van der Waals surface area contributed by atoms with Gasteiger partial charge in [0.1, 0.15) is 11.3 Å². The van der Waals surface area contributed by atoms with E-state index in [1.54, 1.807) is 0 Å². The summed E-state index contributed by atoms with van der Waals surface area (Å²) in [5.74, 6) is 1.15. The van der Waals surface area contributed by atoms with Crippen LogP contribution in [-0.2, 0) is 23.2 Å². The molecular weight excluding hydrogens is 330 g/mol. The predicted molar refractivity (Wildman–Crippen MR) is 84.9 cm³/mol. The quantitative estimate of drug-likeness (QED) is 0.722. The molecule has 0 aliphatic heterocycles. The van der Waals surface area contributed by atoms with Gasteiger partial charge in [-0.1, -0.05) is 18.5 Å². The molecule has 3 N–H and O–H groups in total. The summed E-state index contributed by atoms with van der Waals surface area (Å²) in [5, 5.41) is 5.49. The Labute approximate surface area is 134 Å². The molecule has 1 aromatic carbocycles. The van der Waals surface area contributed by atoms with E-state index in [9.17, 15) is 0 Å². The summed E-state index contributed by atoms with van der Waals surface area (Å²) in [6, 6.07) is 6.46. The standard InChI is InChI=1S/C14H16ClNO.H2O4S/c1-2-16-10-4-6-14-12(8-10)11-7-9(15)3-5-13(11)17-14;1-5(2,3)4/h3,5,7,10,16H,2,4,6,8H2,1H3;(H2,1,2,3,4). The highest BCUT2D eigenvalue weighted by Crippen LogP contribution is 2.33. The minimum Gasteiger partial charge on any atom is -0.461 e. The molecule has 0 bridgehead atoms. The van der Waals surface area contributed by atoms with E-state index in [4.69, 9.17) is 33.5 Å². The second-order valence-corrected chi connectivity index (χ2v) is 6.42. The predicted octanol–water partition coefficient (Wildman–Crippen LogP) is 2.90.